The number of unbranched alkanes of at least 4 members (excludes halogenated alkanes) is 22. The van der Waals surface area contributed by atoms with E-state index in [1.807, 2.05) is 0 Å². The molecular formula is C30H63P. The fourth-order valence-electron chi connectivity index (χ4n) is 4.86. The second-order valence-electron chi connectivity index (χ2n) is 10.9. The highest BCUT2D eigenvalue weighted by atomic mass is 31.0. The van der Waals surface area contributed by atoms with Gasteiger partial charge in [-0.05, 0) is 18.0 Å². The largest absolute Gasteiger partial charge is 0.131 e. The summed E-state index contributed by atoms with van der Waals surface area (Å²) in [6, 6.07) is 0. The molecule has 1 atom stereocenters. The van der Waals surface area contributed by atoms with E-state index in [0.29, 0.717) is 5.16 Å². The fraction of sp³-hybridized carbons (Fsp3) is 1.00. The molecule has 0 heterocycles. The van der Waals surface area contributed by atoms with Crippen molar-refractivity contribution in [3.63, 3.8) is 0 Å². The Morgan fingerprint density at radius 2 is 0.548 bits per heavy atom. The van der Waals surface area contributed by atoms with Crippen molar-refractivity contribution in [1.29, 1.82) is 0 Å². The minimum absolute atomic E-state index is 0.497. The summed E-state index contributed by atoms with van der Waals surface area (Å²) < 4.78 is 0. The van der Waals surface area contributed by atoms with E-state index in [9.17, 15) is 0 Å². The Kier molecular flexibility index (Phi) is 25.4. The molecule has 0 saturated carbocycles. The van der Waals surface area contributed by atoms with Crippen molar-refractivity contribution < 1.29 is 0 Å². The summed E-state index contributed by atoms with van der Waals surface area (Å²) in [6.07, 6.45) is 37.8. The van der Waals surface area contributed by atoms with Crippen LogP contribution in [0.5, 0.6) is 0 Å². The highest BCUT2D eigenvalue weighted by molar-refractivity contribution is 7.18. The predicted octanol–water partition coefficient (Wildman–Crippen LogP) is 11.8. The van der Waals surface area contributed by atoms with Crippen LogP contribution in [0.1, 0.15) is 188 Å². The van der Waals surface area contributed by atoms with Crippen molar-refractivity contribution in [3.05, 3.63) is 0 Å². The lowest BCUT2D eigenvalue weighted by atomic mass is 9.94. The normalized spacial score (nSPS) is 12.0. The third-order valence-corrected chi connectivity index (χ3v) is 7.78. The van der Waals surface area contributed by atoms with E-state index in [0.717, 1.165) is 0 Å². The molecule has 0 spiro atoms. The summed E-state index contributed by atoms with van der Waals surface area (Å²) in [5.74, 6) is 0. The van der Waals surface area contributed by atoms with E-state index >= 15 is 0 Å². The zero-order chi connectivity index (χ0) is 22.9. The number of rotatable bonds is 26. The Morgan fingerprint density at radius 3 is 0.774 bits per heavy atom. The molecule has 0 rings (SSSR count). The van der Waals surface area contributed by atoms with Crippen LogP contribution in [0.15, 0.2) is 0 Å². The first kappa shape index (κ1) is 31.4. The van der Waals surface area contributed by atoms with Gasteiger partial charge < -0.3 is 0 Å². The summed E-state index contributed by atoms with van der Waals surface area (Å²) in [7, 11) is 3.19. The molecule has 0 nitrogen and oxygen atoms in total. The molecule has 0 N–H and O–H groups in total. The molecule has 0 aromatic carbocycles. The first-order valence-electron chi connectivity index (χ1n) is 14.9. The molecule has 0 aliphatic heterocycles. The van der Waals surface area contributed by atoms with Gasteiger partial charge in [-0.15, -0.1) is 9.24 Å². The van der Waals surface area contributed by atoms with E-state index in [2.05, 4.69) is 30.0 Å². The van der Waals surface area contributed by atoms with E-state index in [1.54, 1.807) is 0 Å². The van der Waals surface area contributed by atoms with Crippen LogP contribution in [-0.2, 0) is 0 Å². The third kappa shape index (κ3) is 26.6. The number of hydrogen-bond donors (Lipinski definition) is 0. The molecule has 0 bridgehead atoms. The number of hydrogen-bond acceptors (Lipinski definition) is 0. The van der Waals surface area contributed by atoms with Gasteiger partial charge >= 0.3 is 0 Å². The van der Waals surface area contributed by atoms with E-state index in [1.165, 1.54) is 167 Å². The van der Waals surface area contributed by atoms with Crippen LogP contribution in [0.3, 0.4) is 0 Å². The van der Waals surface area contributed by atoms with Crippen molar-refractivity contribution >= 4 is 9.24 Å². The van der Waals surface area contributed by atoms with Gasteiger partial charge in [0.15, 0.2) is 0 Å². The Morgan fingerprint density at radius 1 is 0.355 bits per heavy atom. The SMILES string of the molecule is CCCCCCCCCCCCCCC(C)(P)CCCCCCCCCCCCCC. The standard InChI is InChI=1S/C30H63P/c1-4-6-8-10-12-14-16-18-20-22-24-26-28-30(3,31)29-27-25-23-21-19-17-15-13-11-9-7-5-2/h4-29,31H2,1-3H3. The minimum Gasteiger partial charge on any atom is -0.131 e. The summed E-state index contributed by atoms with van der Waals surface area (Å²) in [6.45, 7) is 7.09. The lowest BCUT2D eigenvalue weighted by molar-refractivity contribution is 0.462. The summed E-state index contributed by atoms with van der Waals surface area (Å²) in [5, 5.41) is 0.497. The van der Waals surface area contributed by atoms with Crippen LogP contribution in [0.2, 0.25) is 0 Å². The van der Waals surface area contributed by atoms with Crippen molar-refractivity contribution in [3.8, 4) is 0 Å². The molecule has 1 heteroatoms. The fourth-order valence-corrected chi connectivity index (χ4v) is 5.27. The highest BCUT2D eigenvalue weighted by Gasteiger charge is 2.16. The van der Waals surface area contributed by atoms with Crippen LogP contribution < -0.4 is 0 Å². The van der Waals surface area contributed by atoms with Gasteiger partial charge in [0.2, 0.25) is 0 Å². The maximum absolute atomic E-state index is 3.19. The van der Waals surface area contributed by atoms with Gasteiger partial charge in [-0.25, -0.2) is 0 Å². The molecule has 0 aromatic heterocycles. The van der Waals surface area contributed by atoms with E-state index in [4.69, 9.17) is 0 Å². The van der Waals surface area contributed by atoms with Crippen LogP contribution in [0.4, 0.5) is 0 Å². The highest BCUT2D eigenvalue weighted by Crippen LogP contribution is 2.31. The van der Waals surface area contributed by atoms with E-state index in [-0.39, 0.29) is 0 Å². The molecule has 0 amide bonds. The van der Waals surface area contributed by atoms with Crippen LogP contribution in [0.25, 0.3) is 0 Å². The smallest absolute Gasteiger partial charge is 0.0178 e. The molecule has 0 aliphatic rings. The molecule has 0 radical (unpaired) electrons. The molecule has 0 fully saturated rings. The summed E-state index contributed by atoms with van der Waals surface area (Å²) in [4.78, 5) is 0. The lowest BCUT2D eigenvalue weighted by Crippen LogP contribution is -2.15. The van der Waals surface area contributed by atoms with Gasteiger partial charge in [0.1, 0.15) is 0 Å². The van der Waals surface area contributed by atoms with Crippen LogP contribution in [0, 0.1) is 0 Å². The third-order valence-electron chi connectivity index (χ3n) is 7.20. The van der Waals surface area contributed by atoms with Gasteiger partial charge in [0.05, 0.1) is 0 Å². The Balaban J connectivity index is 3.29. The lowest BCUT2D eigenvalue weighted by Gasteiger charge is -2.24. The zero-order valence-electron chi connectivity index (χ0n) is 22.5. The summed E-state index contributed by atoms with van der Waals surface area (Å²) in [5.41, 5.74) is 0. The van der Waals surface area contributed by atoms with Gasteiger partial charge in [0, 0.05) is 0 Å². The maximum Gasteiger partial charge on any atom is -0.0178 e. The maximum atomic E-state index is 3.19. The Labute approximate surface area is 202 Å². The van der Waals surface area contributed by atoms with Crippen molar-refractivity contribution in [2.24, 2.45) is 0 Å². The molecule has 188 valence electrons. The topological polar surface area (TPSA) is 0 Å². The van der Waals surface area contributed by atoms with E-state index < -0.39 is 0 Å². The quantitative estimate of drug-likeness (QED) is 0.0900. The average molecular weight is 455 g/mol. The van der Waals surface area contributed by atoms with Crippen LogP contribution >= 0.6 is 9.24 Å². The predicted molar refractivity (Wildman–Crippen MR) is 150 cm³/mol. The Bertz CT molecular complexity index is 292. The second-order valence-corrected chi connectivity index (χ2v) is 12.3. The minimum atomic E-state index is 0.497. The monoisotopic (exact) mass is 454 g/mol. The van der Waals surface area contributed by atoms with Gasteiger partial charge in [0.25, 0.3) is 0 Å². The Hall–Kier alpha value is 0.430. The second kappa shape index (κ2) is 25.1. The van der Waals surface area contributed by atoms with Crippen LogP contribution in [-0.4, -0.2) is 5.16 Å². The molecule has 1 unspecified atom stereocenters. The zero-order valence-corrected chi connectivity index (χ0v) is 23.6. The van der Waals surface area contributed by atoms with Crippen molar-refractivity contribution in [2.45, 2.75) is 193 Å². The van der Waals surface area contributed by atoms with Gasteiger partial charge in [-0.3, -0.25) is 0 Å². The molecule has 0 aliphatic carbocycles. The van der Waals surface area contributed by atoms with Gasteiger partial charge in [-0.1, -0.05) is 175 Å². The average Bonchev–Trinajstić information content (AvgIpc) is 2.75. The van der Waals surface area contributed by atoms with Gasteiger partial charge in [-0.2, -0.15) is 0 Å². The van der Waals surface area contributed by atoms with Crippen molar-refractivity contribution in [2.75, 3.05) is 0 Å². The molecular weight excluding hydrogens is 391 g/mol. The summed E-state index contributed by atoms with van der Waals surface area (Å²) >= 11 is 0. The molecule has 0 aromatic rings. The first-order chi connectivity index (χ1) is 15.1. The molecule has 0 saturated heterocycles. The van der Waals surface area contributed by atoms with Crippen molar-refractivity contribution in [1.82, 2.24) is 0 Å². The first-order valence-corrected chi connectivity index (χ1v) is 15.5. The molecule has 31 heavy (non-hydrogen) atoms.